The van der Waals surface area contributed by atoms with E-state index in [-0.39, 0.29) is 27.1 Å². The largest absolute Gasteiger partial charge is 0.444 e. The second-order valence-corrected chi connectivity index (χ2v) is 5.33. The van der Waals surface area contributed by atoms with Crippen LogP contribution in [0, 0.1) is 0 Å². The van der Waals surface area contributed by atoms with E-state index >= 15 is 0 Å². The highest BCUT2D eigenvalue weighted by Crippen LogP contribution is 2.29. The van der Waals surface area contributed by atoms with Gasteiger partial charge in [0.2, 0.25) is 5.91 Å². The fourth-order valence-electron chi connectivity index (χ4n) is 1.45. The van der Waals surface area contributed by atoms with Crippen LogP contribution in [0.4, 0.5) is 5.69 Å². The Labute approximate surface area is 132 Å². The van der Waals surface area contributed by atoms with Gasteiger partial charge in [0.05, 0.1) is 21.3 Å². The molecule has 0 aliphatic heterocycles. The maximum atomic E-state index is 11.9. The zero-order valence-corrected chi connectivity index (χ0v) is 12.8. The first-order valence-corrected chi connectivity index (χ1v) is 6.79. The predicted molar refractivity (Wildman–Crippen MR) is 79.3 cm³/mol. The number of halogens is 3. The molecule has 0 radical (unpaired) electrons. The first-order chi connectivity index (χ1) is 9.38. The minimum Gasteiger partial charge on any atom is -0.444 e. The minimum absolute atomic E-state index is 0.0620. The van der Waals surface area contributed by atoms with E-state index in [0.717, 1.165) is 0 Å². The van der Waals surface area contributed by atoms with E-state index in [1.54, 1.807) is 6.07 Å². The monoisotopic (exact) mass is 376 g/mol. The summed E-state index contributed by atoms with van der Waals surface area (Å²) in [7, 11) is 0. The van der Waals surface area contributed by atoms with E-state index in [1.807, 2.05) is 0 Å². The van der Waals surface area contributed by atoms with E-state index < -0.39 is 11.8 Å². The molecular formula is C12H7BrCl2N2O3. The van der Waals surface area contributed by atoms with Crippen LogP contribution in [0.1, 0.15) is 20.9 Å². The van der Waals surface area contributed by atoms with Gasteiger partial charge in [-0.05, 0) is 40.2 Å². The third kappa shape index (κ3) is 3.15. The average Bonchev–Trinajstić information content (AvgIpc) is 2.79. The lowest BCUT2D eigenvalue weighted by Gasteiger charge is -2.08. The molecule has 3 N–H and O–H groups in total. The molecular weight excluding hydrogens is 371 g/mol. The first kappa shape index (κ1) is 14.9. The van der Waals surface area contributed by atoms with E-state index in [2.05, 4.69) is 21.2 Å². The second-order valence-electron chi connectivity index (χ2n) is 3.73. The molecule has 0 spiro atoms. The lowest BCUT2D eigenvalue weighted by molar-refractivity contribution is 0.0987. The highest BCUT2D eigenvalue weighted by molar-refractivity contribution is 9.10. The Morgan fingerprint density at radius 2 is 1.90 bits per heavy atom. The van der Waals surface area contributed by atoms with Crippen molar-refractivity contribution in [3.05, 3.63) is 50.3 Å². The van der Waals surface area contributed by atoms with Gasteiger partial charge in [0.15, 0.2) is 10.4 Å². The number of amides is 2. The molecule has 1 aromatic heterocycles. The van der Waals surface area contributed by atoms with Gasteiger partial charge in [-0.1, -0.05) is 23.2 Å². The van der Waals surface area contributed by atoms with Gasteiger partial charge < -0.3 is 15.5 Å². The lowest BCUT2D eigenvalue weighted by atomic mass is 10.2. The van der Waals surface area contributed by atoms with Crippen molar-refractivity contribution >= 4 is 56.6 Å². The SMILES string of the molecule is NC(=O)c1cc(NC(=O)c2ccc(Br)o2)c(Cl)cc1Cl. The van der Waals surface area contributed by atoms with Gasteiger partial charge in [0.1, 0.15) is 0 Å². The number of benzene rings is 1. The maximum Gasteiger partial charge on any atom is 0.291 e. The molecule has 0 saturated heterocycles. The van der Waals surface area contributed by atoms with Crippen LogP contribution < -0.4 is 11.1 Å². The van der Waals surface area contributed by atoms with E-state index in [1.165, 1.54) is 18.2 Å². The molecule has 1 aromatic carbocycles. The Hall–Kier alpha value is -1.50. The summed E-state index contributed by atoms with van der Waals surface area (Å²) in [5, 5.41) is 2.80. The summed E-state index contributed by atoms with van der Waals surface area (Å²) in [6.45, 7) is 0. The number of nitrogens with one attached hydrogen (secondary N) is 1. The van der Waals surface area contributed by atoms with Crippen molar-refractivity contribution in [1.29, 1.82) is 0 Å². The standard InChI is InChI=1S/C12H7BrCl2N2O3/c13-10-2-1-9(20-10)12(19)17-8-3-5(11(16)18)6(14)4-7(8)15/h1-4H,(H2,16,18)(H,17,19). The summed E-state index contributed by atoms with van der Waals surface area (Å²) in [6, 6.07) is 5.70. The number of hydrogen-bond acceptors (Lipinski definition) is 3. The van der Waals surface area contributed by atoms with Gasteiger partial charge in [-0.25, -0.2) is 0 Å². The normalized spacial score (nSPS) is 10.3. The molecule has 0 unspecified atom stereocenters. The Morgan fingerprint density at radius 3 is 2.45 bits per heavy atom. The molecule has 0 atom stereocenters. The van der Waals surface area contributed by atoms with Gasteiger partial charge in [-0.3, -0.25) is 9.59 Å². The molecule has 2 rings (SSSR count). The van der Waals surface area contributed by atoms with Crippen molar-refractivity contribution in [2.75, 3.05) is 5.32 Å². The molecule has 8 heteroatoms. The molecule has 0 saturated carbocycles. The Morgan fingerprint density at radius 1 is 1.20 bits per heavy atom. The van der Waals surface area contributed by atoms with Crippen molar-refractivity contribution in [2.45, 2.75) is 0 Å². The van der Waals surface area contributed by atoms with Crippen molar-refractivity contribution < 1.29 is 14.0 Å². The summed E-state index contributed by atoms with van der Waals surface area (Å²) >= 11 is 14.9. The van der Waals surface area contributed by atoms with Gasteiger partial charge in [0, 0.05) is 0 Å². The number of hydrogen-bond donors (Lipinski definition) is 2. The second kappa shape index (κ2) is 5.87. The van der Waals surface area contributed by atoms with Gasteiger partial charge in [-0.15, -0.1) is 0 Å². The van der Waals surface area contributed by atoms with Gasteiger partial charge in [-0.2, -0.15) is 0 Å². The molecule has 20 heavy (non-hydrogen) atoms. The predicted octanol–water partition coefficient (Wildman–Crippen LogP) is 3.70. The van der Waals surface area contributed by atoms with Crippen LogP contribution in [-0.2, 0) is 0 Å². The summed E-state index contributed by atoms with van der Waals surface area (Å²) in [5.74, 6) is -1.15. The maximum absolute atomic E-state index is 11.9. The third-order valence-electron chi connectivity index (χ3n) is 2.37. The van der Waals surface area contributed by atoms with Crippen LogP contribution in [-0.4, -0.2) is 11.8 Å². The molecule has 0 fully saturated rings. The van der Waals surface area contributed by atoms with Gasteiger partial charge >= 0.3 is 0 Å². The zero-order chi connectivity index (χ0) is 14.9. The molecule has 0 bridgehead atoms. The molecule has 0 aliphatic rings. The highest BCUT2D eigenvalue weighted by atomic mass is 79.9. The van der Waals surface area contributed by atoms with E-state index in [9.17, 15) is 9.59 Å². The molecule has 1 heterocycles. The van der Waals surface area contributed by atoms with Crippen LogP contribution in [0.5, 0.6) is 0 Å². The third-order valence-corrected chi connectivity index (χ3v) is 3.42. The van der Waals surface area contributed by atoms with Crippen LogP contribution in [0.25, 0.3) is 0 Å². The fraction of sp³-hybridized carbons (Fsp3) is 0. The molecule has 2 aromatic rings. The van der Waals surface area contributed by atoms with E-state index in [4.69, 9.17) is 33.4 Å². The van der Waals surface area contributed by atoms with Crippen molar-refractivity contribution in [1.82, 2.24) is 0 Å². The molecule has 5 nitrogen and oxygen atoms in total. The topological polar surface area (TPSA) is 85.3 Å². The van der Waals surface area contributed by atoms with Crippen LogP contribution >= 0.6 is 39.1 Å². The van der Waals surface area contributed by atoms with Crippen molar-refractivity contribution in [2.24, 2.45) is 5.73 Å². The van der Waals surface area contributed by atoms with Crippen LogP contribution in [0.2, 0.25) is 10.0 Å². The number of carbonyl (C=O) groups excluding carboxylic acids is 2. The Balaban J connectivity index is 2.31. The summed E-state index contributed by atoms with van der Waals surface area (Å²) in [4.78, 5) is 23.1. The minimum atomic E-state index is -0.720. The lowest BCUT2D eigenvalue weighted by Crippen LogP contribution is -2.15. The summed E-state index contributed by atoms with van der Waals surface area (Å²) < 4.78 is 5.52. The zero-order valence-electron chi connectivity index (χ0n) is 9.75. The fourth-order valence-corrected chi connectivity index (χ4v) is 2.28. The number of carbonyl (C=O) groups is 2. The Kier molecular flexibility index (Phi) is 4.37. The number of nitrogens with two attached hydrogens (primary N) is 1. The number of anilines is 1. The number of rotatable bonds is 3. The number of furan rings is 1. The van der Waals surface area contributed by atoms with Gasteiger partial charge in [0.25, 0.3) is 5.91 Å². The van der Waals surface area contributed by atoms with Crippen LogP contribution in [0.15, 0.2) is 33.4 Å². The van der Waals surface area contributed by atoms with Crippen molar-refractivity contribution in [3.63, 3.8) is 0 Å². The quantitative estimate of drug-likeness (QED) is 0.854. The summed E-state index contributed by atoms with van der Waals surface area (Å²) in [6.07, 6.45) is 0. The smallest absolute Gasteiger partial charge is 0.291 e. The summed E-state index contributed by atoms with van der Waals surface area (Å²) in [5.41, 5.74) is 5.45. The Bertz CT molecular complexity index is 700. The first-order valence-electron chi connectivity index (χ1n) is 5.24. The van der Waals surface area contributed by atoms with E-state index in [0.29, 0.717) is 4.67 Å². The molecule has 2 amide bonds. The highest BCUT2D eigenvalue weighted by Gasteiger charge is 2.16. The van der Waals surface area contributed by atoms with Crippen molar-refractivity contribution in [3.8, 4) is 0 Å². The molecule has 104 valence electrons. The molecule has 0 aliphatic carbocycles. The average molecular weight is 378 g/mol. The van der Waals surface area contributed by atoms with Crippen LogP contribution in [0.3, 0.4) is 0 Å². The number of primary amides is 1.